The van der Waals surface area contributed by atoms with Gasteiger partial charge in [0.1, 0.15) is 0 Å². The molecule has 0 radical (unpaired) electrons. The van der Waals surface area contributed by atoms with Gasteiger partial charge in [-0.2, -0.15) is 0 Å². The van der Waals surface area contributed by atoms with E-state index < -0.39 is 9.84 Å². The van der Waals surface area contributed by atoms with E-state index in [0.29, 0.717) is 13.1 Å². The van der Waals surface area contributed by atoms with Crippen LogP contribution < -0.4 is 0 Å². The molecular formula is C22H27N3O3S. The molecule has 3 aromatic rings. The van der Waals surface area contributed by atoms with Crippen molar-refractivity contribution in [3.63, 3.8) is 0 Å². The van der Waals surface area contributed by atoms with Crippen molar-refractivity contribution < 1.29 is 13.2 Å². The number of aromatic nitrogens is 2. The molecule has 7 heteroatoms. The molecule has 0 N–H and O–H groups in total. The highest BCUT2D eigenvalue weighted by Crippen LogP contribution is 2.18. The van der Waals surface area contributed by atoms with Crippen molar-refractivity contribution in [3.05, 3.63) is 83.7 Å². The Hall–Kier alpha value is -2.48. The predicted octanol–water partition coefficient (Wildman–Crippen LogP) is 2.98. The molecule has 0 aliphatic rings. The number of rotatable bonds is 10. The summed E-state index contributed by atoms with van der Waals surface area (Å²) < 4.78 is 32.4. The summed E-state index contributed by atoms with van der Waals surface area (Å²) in [5.74, 6) is -0.0887. The highest BCUT2D eigenvalue weighted by atomic mass is 32.2. The predicted molar refractivity (Wildman–Crippen MR) is 113 cm³/mol. The summed E-state index contributed by atoms with van der Waals surface area (Å²) in [7, 11) is -0.0229. The smallest absolute Gasteiger partial charge is 0.228 e. The van der Waals surface area contributed by atoms with Crippen LogP contribution in [0, 0.1) is 0 Å². The van der Waals surface area contributed by atoms with Crippen LogP contribution in [0.3, 0.4) is 0 Å². The fourth-order valence-electron chi connectivity index (χ4n) is 3.21. The first-order valence-corrected chi connectivity index (χ1v) is 11.2. The van der Waals surface area contributed by atoms with Gasteiger partial charge in [-0.15, -0.1) is 0 Å². The molecule has 6 nitrogen and oxygen atoms in total. The van der Waals surface area contributed by atoms with E-state index in [9.17, 15) is 8.42 Å². The summed E-state index contributed by atoms with van der Waals surface area (Å²) in [4.78, 5) is 6.44. The van der Waals surface area contributed by atoms with Crippen molar-refractivity contribution in [1.29, 1.82) is 0 Å². The minimum atomic E-state index is -3.54. The molecule has 0 saturated heterocycles. The van der Waals surface area contributed by atoms with Gasteiger partial charge < -0.3 is 9.30 Å². The first-order valence-electron chi connectivity index (χ1n) is 9.52. The highest BCUT2D eigenvalue weighted by molar-refractivity contribution is 7.91. The Labute approximate surface area is 172 Å². The molecule has 0 atom stereocenters. The molecule has 0 aliphatic heterocycles. The first-order chi connectivity index (χ1) is 14.0. The third-order valence-electron chi connectivity index (χ3n) is 4.65. The Bertz CT molecular complexity index is 1000. The second-order valence-electron chi connectivity index (χ2n) is 7.07. The largest absolute Gasteiger partial charge is 0.384 e. The lowest BCUT2D eigenvalue weighted by atomic mass is 10.2. The van der Waals surface area contributed by atoms with Crippen LogP contribution in [0.15, 0.2) is 72.0 Å². The molecule has 1 heterocycles. The Morgan fingerprint density at radius 2 is 1.59 bits per heavy atom. The van der Waals surface area contributed by atoms with E-state index in [4.69, 9.17) is 4.74 Å². The van der Waals surface area contributed by atoms with Crippen molar-refractivity contribution in [2.75, 3.05) is 26.5 Å². The van der Waals surface area contributed by atoms with E-state index in [0.717, 1.165) is 17.8 Å². The maximum Gasteiger partial charge on any atom is 0.228 e. The standard InChI is InChI=1S/C22H27N3O3S/c1-24(16-19-9-5-3-6-10-19)18-21-15-23-22(29(26,27)14-13-28-2)25(21)17-20-11-7-4-8-12-20/h3-12,15H,13-14,16-18H2,1-2H3. The number of benzene rings is 2. The average Bonchev–Trinajstić information content (AvgIpc) is 3.11. The number of ether oxygens (including phenoxy) is 1. The SMILES string of the molecule is COCCS(=O)(=O)c1ncc(CN(C)Cc2ccccc2)n1Cc1ccccc1. The third kappa shape index (κ3) is 5.76. The molecule has 0 spiro atoms. The Morgan fingerprint density at radius 3 is 2.21 bits per heavy atom. The number of sulfone groups is 1. The summed E-state index contributed by atoms with van der Waals surface area (Å²) in [6.07, 6.45) is 1.67. The maximum atomic E-state index is 12.8. The molecule has 2 aromatic carbocycles. The monoisotopic (exact) mass is 413 g/mol. The molecule has 3 rings (SSSR count). The zero-order valence-corrected chi connectivity index (χ0v) is 17.7. The summed E-state index contributed by atoms with van der Waals surface area (Å²) in [5.41, 5.74) is 3.10. The lowest BCUT2D eigenvalue weighted by Gasteiger charge is -2.19. The van der Waals surface area contributed by atoms with E-state index in [-0.39, 0.29) is 17.5 Å². The van der Waals surface area contributed by atoms with E-state index in [1.807, 2.05) is 60.1 Å². The van der Waals surface area contributed by atoms with Crippen LogP contribution in [-0.2, 0) is 34.2 Å². The van der Waals surface area contributed by atoms with Gasteiger partial charge in [-0.3, -0.25) is 4.90 Å². The van der Waals surface area contributed by atoms with Crippen LogP contribution in [0.4, 0.5) is 0 Å². The van der Waals surface area contributed by atoms with Crippen LogP contribution in [0.2, 0.25) is 0 Å². The molecule has 0 unspecified atom stereocenters. The van der Waals surface area contributed by atoms with E-state index in [2.05, 4.69) is 22.0 Å². The molecule has 0 aliphatic carbocycles. The molecule has 0 saturated carbocycles. The highest BCUT2D eigenvalue weighted by Gasteiger charge is 2.23. The van der Waals surface area contributed by atoms with E-state index >= 15 is 0 Å². The zero-order valence-electron chi connectivity index (χ0n) is 16.9. The van der Waals surface area contributed by atoms with Crippen LogP contribution in [0.25, 0.3) is 0 Å². The molecular weight excluding hydrogens is 386 g/mol. The molecule has 0 bridgehead atoms. The summed E-state index contributed by atoms with van der Waals surface area (Å²) in [6, 6.07) is 20.0. The van der Waals surface area contributed by atoms with Gasteiger partial charge in [0.25, 0.3) is 0 Å². The molecule has 1 aromatic heterocycles. The van der Waals surface area contributed by atoms with E-state index in [1.54, 1.807) is 6.20 Å². The Balaban J connectivity index is 1.87. The number of hydrogen-bond acceptors (Lipinski definition) is 5. The fraction of sp³-hybridized carbons (Fsp3) is 0.318. The number of imidazole rings is 1. The molecule has 29 heavy (non-hydrogen) atoms. The zero-order chi connectivity index (χ0) is 20.7. The summed E-state index contributed by atoms with van der Waals surface area (Å²) >= 11 is 0. The lowest BCUT2D eigenvalue weighted by Crippen LogP contribution is -2.22. The topological polar surface area (TPSA) is 64.4 Å². The Morgan fingerprint density at radius 1 is 0.966 bits per heavy atom. The normalized spacial score (nSPS) is 11.8. The molecule has 0 fully saturated rings. The second kappa shape index (κ2) is 9.82. The first kappa shape index (κ1) is 21.2. The third-order valence-corrected chi connectivity index (χ3v) is 6.23. The van der Waals surface area contributed by atoms with Gasteiger partial charge in [0.15, 0.2) is 0 Å². The van der Waals surface area contributed by atoms with Gasteiger partial charge >= 0.3 is 0 Å². The minimum absolute atomic E-state index is 0.0887. The van der Waals surface area contributed by atoms with Crippen LogP contribution >= 0.6 is 0 Å². The molecule has 0 amide bonds. The van der Waals surface area contributed by atoms with Crippen molar-refractivity contribution in [3.8, 4) is 0 Å². The van der Waals surface area contributed by atoms with Gasteiger partial charge in [-0.25, -0.2) is 13.4 Å². The fourth-order valence-corrected chi connectivity index (χ4v) is 4.51. The Kier molecular flexibility index (Phi) is 7.19. The average molecular weight is 414 g/mol. The lowest BCUT2D eigenvalue weighted by molar-refractivity contribution is 0.217. The van der Waals surface area contributed by atoms with Crippen LogP contribution in [-0.4, -0.2) is 49.4 Å². The van der Waals surface area contributed by atoms with Gasteiger partial charge in [0.05, 0.1) is 30.8 Å². The number of methoxy groups -OCH3 is 1. The van der Waals surface area contributed by atoms with Crippen molar-refractivity contribution >= 4 is 9.84 Å². The maximum absolute atomic E-state index is 12.8. The van der Waals surface area contributed by atoms with Gasteiger partial charge in [-0.1, -0.05) is 60.7 Å². The van der Waals surface area contributed by atoms with Crippen molar-refractivity contribution in [2.24, 2.45) is 0 Å². The van der Waals surface area contributed by atoms with Crippen LogP contribution in [0.5, 0.6) is 0 Å². The summed E-state index contributed by atoms with van der Waals surface area (Å²) in [6.45, 7) is 1.96. The van der Waals surface area contributed by atoms with Gasteiger partial charge in [0.2, 0.25) is 15.0 Å². The summed E-state index contributed by atoms with van der Waals surface area (Å²) in [5, 5.41) is 0.0986. The quantitative estimate of drug-likeness (QED) is 0.511. The van der Waals surface area contributed by atoms with E-state index in [1.165, 1.54) is 12.7 Å². The van der Waals surface area contributed by atoms with Crippen molar-refractivity contribution in [1.82, 2.24) is 14.5 Å². The van der Waals surface area contributed by atoms with Gasteiger partial charge in [-0.05, 0) is 18.2 Å². The molecule has 154 valence electrons. The minimum Gasteiger partial charge on any atom is -0.384 e. The number of hydrogen-bond donors (Lipinski definition) is 0. The van der Waals surface area contributed by atoms with Crippen LogP contribution in [0.1, 0.15) is 16.8 Å². The second-order valence-corrected chi connectivity index (χ2v) is 9.08. The van der Waals surface area contributed by atoms with Crippen molar-refractivity contribution in [2.45, 2.75) is 24.8 Å². The van der Waals surface area contributed by atoms with Gasteiger partial charge in [0, 0.05) is 20.2 Å². The number of nitrogens with zero attached hydrogens (tertiary/aromatic N) is 3.